The molecule has 4 rings (SSSR count). The third-order valence-corrected chi connectivity index (χ3v) is 4.79. The molecule has 28 heavy (non-hydrogen) atoms. The van der Waals surface area contributed by atoms with Gasteiger partial charge in [0.05, 0.1) is 26.0 Å². The van der Waals surface area contributed by atoms with Crippen molar-refractivity contribution in [1.82, 2.24) is 9.55 Å². The highest BCUT2D eigenvalue weighted by Crippen LogP contribution is 2.28. The van der Waals surface area contributed by atoms with Gasteiger partial charge in [0.15, 0.2) is 0 Å². The molecule has 1 aliphatic carbocycles. The molecule has 2 aromatic rings. The molecule has 0 amide bonds. The minimum atomic E-state index is -1.09. The minimum absolute atomic E-state index is 0.0382. The van der Waals surface area contributed by atoms with Crippen LogP contribution in [0.5, 0.6) is 5.75 Å². The van der Waals surface area contributed by atoms with Crippen molar-refractivity contribution < 1.29 is 29.3 Å². The van der Waals surface area contributed by atoms with Crippen molar-refractivity contribution in [3.05, 3.63) is 53.3 Å². The second-order valence-corrected chi connectivity index (χ2v) is 6.54. The molecule has 1 aromatic carbocycles. The van der Waals surface area contributed by atoms with Crippen LogP contribution < -0.4 is 10.1 Å². The van der Waals surface area contributed by atoms with Crippen LogP contribution in [0.15, 0.2) is 36.0 Å². The van der Waals surface area contributed by atoms with Gasteiger partial charge in [0.1, 0.15) is 41.8 Å². The van der Waals surface area contributed by atoms with E-state index in [0.29, 0.717) is 17.3 Å². The first-order valence-electron chi connectivity index (χ1n) is 8.73. The first-order valence-corrected chi connectivity index (χ1v) is 8.73. The molecule has 146 valence electrons. The molecule has 9 heteroatoms. The van der Waals surface area contributed by atoms with Gasteiger partial charge in [0, 0.05) is 11.8 Å². The minimum Gasteiger partial charge on any atom is -0.497 e. The van der Waals surface area contributed by atoms with Crippen molar-refractivity contribution in [3.8, 4) is 5.75 Å². The Kier molecular flexibility index (Phi) is 4.71. The lowest BCUT2D eigenvalue weighted by Crippen LogP contribution is -2.40. The van der Waals surface area contributed by atoms with E-state index < -0.39 is 18.8 Å². The maximum atomic E-state index is 13.0. The largest absolute Gasteiger partial charge is 0.497 e. The van der Waals surface area contributed by atoms with Gasteiger partial charge in [-0.1, -0.05) is 0 Å². The third-order valence-electron chi connectivity index (χ3n) is 4.79. The van der Waals surface area contributed by atoms with E-state index in [0.717, 1.165) is 0 Å². The van der Waals surface area contributed by atoms with Crippen molar-refractivity contribution in [2.24, 2.45) is 0 Å². The normalized spacial score (nSPS) is 19.5. The van der Waals surface area contributed by atoms with Gasteiger partial charge < -0.3 is 29.6 Å². The van der Waals surface area contributed by atoms with Crippen molar-refractivity contribution in [2.45, 2.75) is 25.4 Å². The number of hydrogen-bond donors (Lipinski definition) is 3. The lowest BCUT2D eigenvalue weighted by Gasteiger charge is -2.28. The van der Waals surface area contributed by atoms with E-state index in [-0.39, 0.29) is 41.8 Å². The molecule has 1 aliphatic heterocycles. The van der Waals surface area contributed by atoms with Gasteiger partial charge in [-0.2, -0.15) is 0 Å². The van der Waals surface area contributed by atoms with Crippen LogP contribution in [0.1, 0.15) is 26.8 Å². The molecule has 0 spiro atoms. The Bertz CT molecular complexity index is 963. The number of aliphatic hydroxyl groups is 2. The first-order chi connectivity index (χ1) is 13.5. The number of rotatable bonds is 5. The number of allylic oxidation sites excluding steroid dienone is 2. The number of carbonyl (C=O) groups excluding carboxylic acids is 2. The number of anilines is 1. The van der Waals surface area contributed by atoms with E-state index in [1.54, 1.807) is 35.9 Å². The SMILES string of the molecule is COc1ccc(NC2=CC(=O)c3nc4n(c3C2=O)C[C@@H]([C@H](O)CO)OC4)cc1. The third kappa shape index (κ3) is 3.09. The average molecular weight is 385 g/mol. The van der Waals surface area contributed by atoms with Crippen LogP contribution in [-0.2, 0) is 17.9 Å². The average Bonchev–Trinajstić information content (AvgIpc) is 3.11. The summed E-state index contributed by atoms with van der Waals surface area (Å²) in [7, 11) is 1.56. The summed E-state index contributed by atoms with van der Waals surface area (Å²) >= 11 is 0. The summed E-state index contributed by atoms with van der Waals surface area (Å²) in [6.07, 6.45) is -0.551. The highest BCUT2D eigenvalue weighted by molar-refractivity contribution is 6.24. The van der Waals surface area contributed by atoms with Crippen LogP contribution in [-0.4, -0.2) is 57.3 Å². The molecule has 0 radical (unpaired) electrons. The summed E-state index contributed by atoms with van der Waals surface area (Å²) in [5.74, 6) is 0.355. The van der Waals surface area contributed by atoms with Crippen LogP contribution in [0.4, 0.5) is 5.69 Å². The van der Waals surface area contributed by atoms with Gasteiger partial charge in [0.25, 0.3) is 0 Å². The van der Waals surface area contributed by atoms with E-state index in [9.17, 15) is 14.7 Å². The van der Waals surface area contributed by atoms with Gasteiger partial charge in [-0.05, 0) is 24.3 Å². The van der Waals surface area contributed by atoms with E-state index in [4.69, 9.17) is 14.6 Å². The molecule has 0 saturated carbocycles. The predicted molar refractivity (Wildman–Crippen MR) is 97.3 cm³/mol. The number of ketones is 2. The number of nitrogens with one attached hydrogen (secondary N) is 1. The molecule has 0 fully saturated rings. The number of methoxy groups -OCH3 is 1. The second-order valence-electron chi connectivity index (χ2n) is 6.54. The Morgan fingerprint density at radius 1 is 1.36 bits per heavy atom. The topological polar surface area (TPSA) is 123 Å². The summed E-state index contributed by atoms with van der Waals surface area (Å²) in [5, 5.41) is 22.0. The standard InChI is InChI=1S/C19H19N3O6/c1-27-11-4-2-10(3-5-11)20-12-6-13(24)17-18(19(12)26)22-7-15(14(25)8-23)28-9-16(22)21-17/h2-6,14-15,20,23,25H,7-9H2,1H3/t14-,15+/m1/s1. The molecule has 2 atom stereocenters. The van der Waals surface area contributed by atoms with Gasteiger partial charge >= 0.3 is 0 Å². The van der Waals surface area contributed by atoms with Crippen LogP contribution in [0.3, 0.4) is 0 Å². The van der Waals surface area contributed by atoms with Crippen LogP contribution >= 0.6 is 0 Å². The Labute approximate surface area is 160 Å². The quantitative estimate of drug-likeness (QED) is 0.681. The number of aromatic nitrogens is 2. The first kappa shape index (κ1) is 18.4. The van der Waals surface area contributed by atoms with Gasteiger partial charge in [-0.3, -0.25) is 9.59 Å². The van der Waals surface area contributed by atoms with E-state index in [2.05, 4.69) is 10.3 Å². The lowest BCUT2D eigenvalue weighted by atomic mass is 10.0. The van der Waals surface area contributed by atoms with Crippen LogP contribution in [0.2, 0.25) is 0 Å². The van der Waals surface area contributed by atoms with Crippen molar-refractivity contribution in [1.29, 1.82) is 0 Å². The smallest absolute Gasteiger partial charge is 0.228 e. The Morgan fingerprint density at radius 2 is 2.11 bits per heavy atom. The number of hydrogen-bond acceptors (Lipinski definition) is 8. The molecule has 9 nitrogen and oxygen atoms in total. The van der Waals surface area contributed by atoms with E-state index in [1.807, 2.05) is 0 Å². The molecular weight excluding hydrogens is 366 g/mol. The highest BCUT2D eigenvalue weighted by atomic mass is 16.5. The predicted octanol–water partition coefficient (Wildman–Crippen LogP) is 0.519. The number of ether oxygens (including phenoxy) is 2. The van der Waals surface area contributed by atoms with Crippen molar-refractivity contribution >= 4 is 17.3 Å². The Morgan fingerprint density at radius 3 is 2.79 bits per heavy atom. The summed E-state index contributed by atoms with van der Waals surface area (Å²) in [6.45, 7) is -0.307. The van der Waals surface area contributed by atoms with Crippen molar-refractivity contribution in [2.75, 3.05) is 19.0 Å². The number of aliphatic hydroxyl groups excluding tert-OH is 2. The molecular formula is C19H19N3O6. The summed E-state index contributed by atoms with van der Waals surface area (Å²) in [5.41, 5.74) is 1.00. The number of carbonyl (C=O) groups is 2. The number of benzene rings is 1. The zero-order valence-corrected chi connectivity index (χ0v) is 15.1. The fraction of sp³-hybridized carbons (Fsp3) is 0.316. The molecule has 2 heterocycles. The molecule has 0 saturated heterocycles. The molecule has 2 aliphatic rings. The lowest BCUT2D eigenvalue weighted by molar-refractivity contribution is -0.0873. The van der Waals surface area contributed by atoms with Crippen LogP contribution in [0, 0.1) is 0 Å². The molecule has 3 N–H and O–H groups in total. The van der Waals surface area contributed by atoms with Gasteiger partial charge in [-0.25, -0.2) is 4.98 Å². The van der Waals surface area contributed by atoms with Gasteiger partial charge in [0.2, 0.25) is 11.6 Å². The van der Waals surface area contributed by atoms with E-state index in [1.165, 1.54) is 6.08 Å². The van der Waals surface area contributed by atoms with Crippen molar-refractivity contribution in [3.63, 3.8) is 0 Å². The number of Topliss-reactive ketones (excluding diaryl/α,β-unsaturated/α-hetero) is 1. The molecule has 0 unspecified atom stereocenters. The highest BCUT2D eigenvalue weighted by Gasteiger charge is 2.36. The number of nitrogens with zero attached hydrogens (tertiary/aromatic N) is 2. The maximum Gasteiger partial charge on any atom is 0.228 e. The summed E-state index contributed by atoms with van der Waals surface area (Å²) in [6, 6.07) is 6.95. The van der Waals surface area contributed by atoms with Crippen LogP contribution in [0.25, 0.3) is 0 Å². The van der Waals surface area contributed by atoms with E-state index >= 15 is 0 Å². The Hall–Kier alpha value is -3.01. The zero-order chi connectivity index (χ0) is 19.8. The fourth-order valence-electron chi connectivity index (χ4n) is 3.29. The summed E-state index contributed by atoms with van der Waals surface area (Å²) < 4.78 is 12.2. The zero-order valence-electron chi connectivity index (χ0n) is 15.1. The number of fused-ring (bicyclic) bond motifs is 3. The Balaban J connectivity index is 1.64. The second kappa shape index (κ2) is 7.19. The monoisotopic (exact) mass is 385 g/mol. The molecule has 1 aromatic heterocycles. The fourth-order valence-corrected chi connectivity index (χ4v) is 3.29. The maximum absolute atomic E-state index is 13.0. The van der Waals surface area contributed by atoms with Gasteiger partial charge in [-0.15, -0.1) is 0 Å². The summed E-state index contributed by atoms with van der Waals surface area (Å²) in [4.78, 5) is 29.8. The number of imidazole rings is 1. The molecule has 0 bridgehead atoms.